The highest BCUT2D eigenvalue weighted by Gasteiger charge is 2.19. The maximum Gasteiger partial charge on any atom is 0.326 e. The minimum absolute atomic E-state index is 0.0259. The molecule has 0 saturated heterocycles. The van der Waals surface area contributed by atoms with Crippen molar-refractivity contribution in [3.8, 4) is 22.4 Å². The summed E-state index contributed by atoms with van der Waals surface area (Å²) >= 11 is 12.3. The average molecular weight is 465 g/mol. The molecule has 0 fully saturated rings. The van der Waals surface area contributed by atoms with Crippen LogP contribution in [-0.2, 0) is 22.7 Å². The minimum Gasteiger partial charge on any atom is -0.459 e. The van der Waals surface area contributed by atoms with Gasteiger partial charge in [0.15, 0.2) is 10.3 Å². The highest BCUT2D eigenvalue weighted by Crippen LogP contribution is 2.29. The van der Waals surface area contributed by atoms with Gasteiger partial charge in [-0.25, -0.2) is 4.98 Å². The Morgan fingerprint density at radius 1 is 0.781 bits per heavy atom. The number of carbonyl (C=O) groups excluding carboxylic acids is 1. The molecule has 7 heteroatoms. The normalized spacial score (nSPS) is 10.7. The largest absolute Gasteiger partial charge is 0.459 e. The van der Waals surface area contributed by atoms with E-state index in [0.717, 1.165) is 16.7 Å². The van der Waals surface area contributed by atoms with Crippen LogP contribution in [0.4, 0.5) is 0 Å². The smallest absolute Gasteiger partial charge is 0.326 e. The van der Waals surface area contributed by atoms with Crippen LogP contribution in [0, 0.1) is 0 Å². The van der Waals surface area contributed by atoms with E-state index in [1.54, 1.807) is 0 Å². The Kier molecular flexibility index (Phi) is 6.69. The zero-order chi connectivity index (χ0) is 22.5. The second-order valence-corrected chi connectivity index (χ2v) is 7.74. The van der Waals surface area contributed by atoms with Crippen LogP contribution in [0.1, 0.15) is 5.56 Å². The van der Waals surface area contributed by atoms with Crippen LogP contribution in [0.15, 0.2) is 89.7 Å². The van der Waals surface area contributed by atoms with Gasteiger partial charge >= 0.3 is 5.97 Å². The number of aromatic nitrogens is 2. The van der Waals surface area contributed by atoms with Gasteiger partial charge in [0.25, 0.3) is 5.56 Å². The van der Waals surface area contributed by atoms with Gasteiger partial charge in [-0.3, -0.25) is 14.2 Å². The van der Waals surface area contributed by atoms with Gasteiger partial charge in [-0.2, -0.15) is 0 Å². The van der Waals surface area contributed by atoms with Crippen LogP contribution >= 0.6 is 23.2 Å². The van der Waals surface area contributed by atoms with E-state index in [1.807, 2.05) is 84.9 Å². The summed E-state index contributed by atoms with van der Waals surface area (Å²) in [4.78, 5) is 29.1. The molecule has 0 N–H and O–H groups in total. The second kappa shape index (κ2) is 9.81. The van der Waals surface area contributed by atoms with Crippen molar-refractivity contribution < 1.29 is 9.53 Å². The minimum atomic E-state index is -0.616. The van der Waals surface area contributed by atoms with Crippen LogP contribution in [0.25, 0.3) is 22.4 Å². The monoisotopic (exact) mass is 464 g/mol. The lowest BCUT2D eigenvalue weighted by Gasteiger charge is -2.15. The Morgan fingerprint density at radius 3 is 2.00 bits per heavy atom. The summed E-state index contributed by atoms with van der Waals surface area (Å²) in [5.41, 5.74) is 3.22. The molecule has 0 amide bonds. The van der Waals surface area contributed by atoms with Crippen molar-refractivity contribution in [1.29, 1.82) is 0 Å². The van der Waals surface area contributed by atoms with Crippen LogP contribution < -0.4 is 5.56 Å². The SMILES string of the molecule is O=C(Cn1c(-c2ccc(-c3ccccc3)cc2)c(Cl)nc(Cl)c1=O)OCc1ccccc1. The molecule has 3 aromatic carbocycles. The van der Waals surface area contributed by atoms with Gasteiger partial charge in [-0.1, -0.05) is 108 Å². The van der Waals surface area contributed by atoms with Crippen molar-refractivity contribution >= 4 is 29.2 Å². The first kappa shape index (κ1) is 21.8. The van der Waals surface area contributed by atoms with Crippen molar-refractivity contribution in [2.45, 2.75) is 13.2 Å². The Hall–Kier alpha value is -3.41. The molecule has 0 unspecified atom stereocenters. The van der Waals surface area contributed by atoms with Gasteiger partial charge in [0.2, 0.25) is 0 Å². The lowest BCUT2D eigenvalue weighted by molar-refractivity contribution is -0.145. The van der Waals surface area contributed by atoms with E-state index >= 15 is 0 Å². The summed E-state index contributed by atoms with van der Waals surface area (Å²) in [6, 6.07) is 26.6. The molecule has 32 heavy (non-hydrogen) atoms. The van der Waals surface area contributed by atoms with Crippen LogP contribution in [-0.4, -0.2) is 15.5 Å². The molecule has 4 aromatic rings. The van der Waals surface area contributed by atoms with E-state index < -0.39 is 11.5 Å². The number of halogens is 2. The quantitative estimate of drug-likeness (QED) is 0.347. The predicted molar refractivity (Wildman–Crippen MR) is 126 cm³/mol. The fraction of sp³-hybridized carbons (Fsp3) is 0.0800. The predicted octanol–water partition coefficient (Wildman–Crippen LogP) is 5.63. The molecule has 0 aliphatic carbocycles. The Bertz CT molecular complexity index is 1290. The third-order valence-electron chi connectivity index (χ3n) is 4.88. The Balaban J connectivity index is 1.63. The van der Waals surface area contributed by atoms with Crippen molar-refractivity contribution in [3.05, 3.63) is 111 Å². The molecule has 1 aromatic heterocycles. The number of ether oxygens (including phenoxy) is 1. The fourth-order valence-electron chi connectivity index (χ4n) is 3.30. The summed E-state index contributed by atoms with van der Waals surface area (Å²) in [6.07, 6.45) is 0. The van der Waals surface area contributed by atoms with E-state index in [2.05, 4.69) is 4.98 Å². The van der Waals surface area contributed by atoms with E-state index in [0.29, 0.717) is 11.3 Å². The molecule has 160 valence electrons. The molecule has 5 nitrogen and oxygen atoms in total. The molecule has 0 saturated carbocycles. The molecule has 0 aliphatic heterocycles. The summed E-state index contributed by atoms with van der Waals surface area (Å²) in [6.45, 7) is -0.245. The zero-order valence-corrected chi connectivity index (χ0v) is 18.4. The topological polar surface area (TPSA) is 61.2 Å². The maximum atomic E-state index is 12.7. The molecule has 0 spiro atoms. The van der Waals surface area contributed by atoms with Gasteiger partial charge in [0.05, 0.1) is 5.69 Å². The van der Waals surface area contributed by atoms with Crippen molar-refractivity contribution in [3.63, 3.8) is 0 Å². The first-order chi connectivity index (χ1) is 15.5. The molecular weight excluding hydrogens is 447 g/mol. The van der Waals surface area contributed by atoms with Crippen LogP contribution in [0.2, 0.25) is 10.3 Å². The Morgan fingerprint density at radius 2 is 1.34 bits per heavy atom. The Labute approximate surface area is 194 Å². The van der Waals surface area contributed by atoms with E-state index in [9.17, 15) is 9.59 Å². The van der Waals surface area contributed by atoms with Gasteiger partial charge in [-0.15, -0.1) is 0 Å². The number of benzene rings is 3. The maximum absolute atomic E-state index is 12.7. The van der Waals surface area contributed by atoms with Gasteiger partial charge in [-0.05, 0) is 16.7 Å². The third kappa shape index (κ3) is 4.90. The fourth-order valence-corrected chi connectivity index (χ4v) is 3.83. The number of hydrogen-bond acceptors (Lipinski definition) is 4. The van der Waals surface area contributed by atoms with Crippen molar-refractivity contribution in [1.82, 2.24) is 9.55 Å². The summed E-state index contributed by atoms with van der Waals surface area (Å²) in [7, 11) is 0. The molecule has 1 heterocycles. The third-order valence-corrected chi connectivity index (χ3v) is 5.39. The molecule has 4 rings (SSSR count). The summed E-state index contributed by atoms with van der Waals surface area (Å²) in [5, 5.41) is -0.284. The molecule has 0 aliphatic rings. The standard InChI is InChI=1S/C25H18Cl2N2O3/c26-23-22(20-13-11-19(12-14-20)18-9-5-2-6-10-18)29(25(31)24(27)28-23)15-21(30)32-16-17-7-3-1-4-8-17/h1-14H,15-16H2. The molecular formula is C25H18Cl2N2O3. The summed E-state index contributed by atoms with van der Waals surface area (Å²) in [5.74, 6) is -0.587. The van der Waals surface area contributed by atoms with E-state index in [1.165, 1.54) is 4.57 Å². The van der Waals surface area contributed by atoms with E-state index in [4.69, 9.17) is 27.9 Å². The number of hydrogen-bond donors (Lipinski definition) is 0. The number of esters is 1. The summed E-state index contributed by atoms with van der Waals surface area (Å²) < 4.78 is 6.53. The van der Waals surface area contributed by atoms with Crippen molar-refractivity contribution in [2.75, 3.05) is 0 Å². The lowest BCUT2D eigenvalue weighted by Crippen LogP contribution is -2.28. The first-order valence-corrected chi connectivity index (χ1v) is 10.6. The van der Waals surface area contributed by atoms with Gasteiger partial charge in [0.1, 0.15) is 13.2 Å². The molecule has 0 bridgehead atoms. The zero-order valence-electron chi connectivity index (χ0n) is 16.9. The molecule has 0 radical (unpaired) electrons. The van der Waals surface area contributed by atoms with Crippen molar-refractivity contribution in [2.24, 2.45) is 0 Å². The lowest BCUT2D eigenvalue weighted by atomic mass is 10.0. The average Bonchev–Trinajstić information content (AvgIpc) is 2.82. The highest BCUT2D eigenvalue weighted by molar-refractivity contribution is 6.33. The number of carbonyl (C=O) groups is 1. The van der Waals surface area contributed by atoms with Crippen LogP contribution in [0.5, 0.6) is 0 Å². The second-order valence-electron chi connectivity index (χ2n) is 7.02. The van der Waals surface area contributed by atoms with Crippen LogP contribution in [0.3, 0.4) is 0 Å². The first-order valence-electron chi connectivity index (χ1n) is 9.84. The van der Waals surface area contributed by atoms with E-state index in [-0.39, 0.29) is 23.5 Å². The highest BCUT2D eigenvalue weighted by atomic mass is 35.5. The number of nitrogens with zero attached hydrogens (tertiary/aromatic N) is 2. The van der Waals surface area contributed by atoms with Gasteiger partial charge < -0.3 is 4.74 Å². The molecule has 0 atom stereocenters. The van der Waals surface area contributed by atoms with Gasteiger partial charge in [0, 0.05) is 5.56 Å². The number of rotatable bonds is 6.